The summed E-state index contributed by atoms with van der Waals surface area (Å²) in [6.45, 7) is -0.196. The minimum absolute atomic E-state index is 0.0188. The summed E-state index contributed by atoms with van der Waals surface area (Å²) in [6, 6.07) is 10.00. The lowest BCUT2D eigenvalue weighted by molar-refractivity contribution is -0.265. The Morgan fingerprint density at radius 1 is 1.18 bits per heavy atom. The summed E-state index contributed by atoms with van der Waals surface area (Å²) in [5, 5.41) is 13.3. The van der Waals surface area contributed by atoms with E-state index in [4.69, 9.17) is 10.5 Å². The molecule has 4 aromatic rings. The van der Waals surface area contributed by atoms with Crippen LogP contribution >= 0.6 is 0 Å². The topological polar surface area (TPSA) is 132 Å². The van der Waals surface area contributed by atoms with Crippen LogP contribution in [0.3, 0.4) is 0 Å². The van der Waals surface area contributed by atoms with Gasteiger partial charge in [0.15, 0.2) is 0 Å². The number of aromatic nitrogens is 3. The van der Waals surface area contributed by atoms with E-state index >= 15 is 0 Å². The number of pyridine rings is 1. The molecule has 2 aromatic heterocycles. The van der Waals surface area contributed by atoms with Gasteiger partial charge in [0.25, 0.3) is 5.91 Å². The molecule has 208 valence electrons. The number of ether oxygens (including phenoxy) is 1. The van der Waals surface area contributed by atoms with Crippen LogP contribution in [-0.4, -0.2) is 50.8 Å². The molecule has 0 fully saturated rings. The number of aryl methyl sites for hydroxylation is 1. The van der Waals surface area contributed by atoms with Gasteiger partial charge in [-0.1, -0.05) is 0 Å². The van der Waals surface area contributed by atoms with E-state index < -0.39 is 47.1 Å². The molecule has 0 saturated carbocycles. The minimum Gasteiger partial charge on any atom is -0.489 e. The summed E-state index contributed by atoms with van der Waals surface area (Å²) in [5.41, 5.74) is 0.622. The molecule has 5 rings (SSSR count). The average molecular weight is 558 g/mol. The fourth-order valence-electron chi connectivity index (χ4n) is 4.52. The summed E-state index contributed by atoms with van der Waals surface area (Å²) in [4.78, 5) is 33.4. The van der Waals surface area contributed by atoms with Crippen molar-refractivity contribution in [3.05, 3.63) is 77.5 Å². The number of imidazole rings is 1. The molecular weight excluding hydrogens is 534 g/mol. The predicted molar refractivity (Wildman–Crippen MR) is 135 cm³/mol. The van der Waals surface area contributed by atoms with Crippen LogP contribution in [0.4, 0.5) is 17.6 Å². The lowest BCUT2D eigenvalue weighted by atomic mass is 9.81. The minimum atomic E-state index is -5.32. The fourth-order valence-corrected chi connectivity index (χ4v) is 4.52. The molecule has 2 aromatic carbocycles. The number of carbonyl (C=O) groups excluding carboxylic acids is 2. The quantitative estimate of drug-likeness (QED) is 0.312. The molecule has 0 saturated heterocycles. The van der Waals surface area contributed by atoms with Crippen LogP contribution in [0.1, 0.15) is 28.5 Å². The van der Waals surface area contributed by atoms with Gasteiger partial charge >= 0.3 is 6.18 Å². The van der Waals surface area contributed by atoms with Crippen LogP contribution < -0.4 is 15.8 Å². The van der Waals surface area contributed by atoms with Gasteiger partial charge in [0, 0.05) is 23.7 Å². The van der Waals surface area contributed by atoms with Crippen LogP contribution in [0.25, 0.3) is 22.3 Å². The van der Waals surface area contributed by atoms with E-state index in [1.807, 2.05) is 0 Å². The molecule has 1 aliphatic rings. The average Bonchev–Trinajstić information content (AvgIpc) is 3.46. The SMILES string of the molecule is Cn1cnc2ccc(C(=O)NCC(O)(c3cc4c(c(-c5ccc(F)cc5)n3)OC[C@]4(C)C(N)=O)C(F)(F)F)cc21. The summed E-state index contributed by atoms with van der Waals surface area (Å²) in [5.74, 6) is -2.37. The second-order valence-electron chi connectivity index (χ2n) is 9.82. The van der Waals surface area contributed by atoms with E-state index in [2.05, 4.69) is 15.3 Å². The fraction of sp³-hybridized carbons (Fsp3) is 0.259. The van der Waals surface area contributed by atoms with E-state index in [0.29, 0.717) is 11.0 Å². The van der Waals surface area contributed by atoms with Gasteiger partial charge in [0.1, 0.15) is 29.3 Å². The van der Waals surface area contributed by atoms with E-state index in [0.717, 1.165) is 18.2 Å². The van der Waals surface area contributed by atoms with Crippen LogP contribution in [0.15, 0.2) is 54.9 Å². The highest BCUT2D eigenvalue weighted by Gasteiger charge is 2.57. The third kappa shape index (κ3) is 4.31. The Labute approximate surface area is 224 Å². The number of rotatable bonds is 6. The zero-order valence-corrected chi connectivity index (χ0v) is 21.2. The Balaban J connectivity index is 1.59. The zero-order valence-electron chi connectivity index (χ0n) is 21.2. The number of aliphatic hydroxyl groups is 1. The lowest BCUT2D eigenvalue weighted by Crippen LogP contribution is -2.51. The summed E-state index contributed by atoms with van der Waals surface area (Å²) in [6.07, 6.45) is -3.80. The summed E-state index contributed by atoms with van der Waals surface area (Å²) < 4.78 is 64.5. The molecule has 0 aliphatic carbocycles. The lowest BCUT2D eigenvalue weighted by Gasteiger charge is -2.31. The molecule has 40 heavy (non-hydrogen) atoms. The molecular formula is C27H23F4N5O4. The zero-order chi connectivity index (χ0) is 29.0. The number of carbonyl (C=O) groups is 2. The highest BCUT2D eigenvalue weighted by atomic mass is 19.4. The Kier molecular flexibility index (Phi) is 6.29. The number of benzene rings is 2. The number of nitrogens with one attached hydrogen (secondary N) is 1. The molecule has 0 radical (unpaired) electrons. The maximum atomic E-state index is 14.5. The molecule has 3 heterocycles. The molecule has 0 bridgehead atoms. The molecule has 9 nitrogen and oxygen atoms in total. The van der Waals surface area contributed by atoms with E-state index in [9.17, 15) is 32.3 Å². The van der Waals surface area contributed by atoms with Crippen LogP contribution in [-0.2, 0) is 22.9 Å². The van der Waals surface area contributed by atoms with Gasteiger partial charge in [-0.05, 0) is 55.5 Å². The third-order valence-corrected chi connectivity index (χ3v) is 7.12. The second kappa shape index (κ2) is 9.30. The number of hydrogen-bond acceptors (Lipinski definition) is 6. The number of amides is 2. The Bertz CT molecular complexity index is 1650. The number of alkyl halides is 3. The van der Waals surface area contributed by atoms with Crippen molar-refractivity contribution in [3.63, 3.8) is 0 Å². The van der Waals surface area contributed by atoms with Gasteiger partial charge in [-0.2, -0.15) is 13.2 Å². The van der Waals surface area contributed by atoms with Crippen molar-refractivity contribution in [2.24, 2.45) is 12.8 Å². The van der Waals surface area contributed by atoms with Crippen molar-refractivity contribution >= 4 is 22.8 Å². The largest absolute Gasteiger partial charge is 0.489 e. The van der Waals surface area contributed by atoms with Crippen molar-refractivity contribution in [1.29, 1.82) is 0 Å². The molecule has 2 atom stereocenters. The van der Waals surface area contributed by atoms with Crippen molar-refractivity contribution in [2.75, 3.05) is 13.2 Å². The number of nitrogens with zero attached hydrogens (tertiary/aromatic N) is 3. The van der Waals surface area contributed by atoms with E-state index in [1.54, 1.807) is 17.7 Å². The number of fused-ring (bicyclic) bond motifs is 2. The second-order valence-corrected chi connectivity index (χ2v) is 9.82. The highest BCUT2D eigenvalue weighted by Crippen LogP contribution is 2.47. The number of halogens is 4. The smallest absolute Gasteiger partial charge is 0.424 e. The van der Waals surface area contributed by atoms with Gasteiger partial charge in [-0.25, -0.2) is 14.4 Å². The summed E-state index contributed by atoms with van der Waals surface area (Å²) in [7, 11) is 1.70. The van der Waals surface area contributed by atoms with Crippen molar-refractivity contribution in [3.8, 4) is 17.0 Å². The third-order valence-electron chi connectivity index (χ3n) is 7.12. The number of nitrogens with two attached hydrogens (primary N) is 1. The van der Waals surface area contributed by atoms with Gasteiger partial charge in [-0.15, -0.1) is 0 Å². The molecule has 2 amide bonds. The molecule has 4 N–H and O–H groups in total. The first-order valence-electron chi connectivity index (χ1n) is 12.0. The normalized spacial score (nSPS) is 18.2. The standard InChI is InChI=1S/C27H23F4N5O4/c1-25(24(32)38)12-40-22-17(25)10-20(35-21(22)14-3-6-16(28)7-4-14)26(39,27(29,30)31)11-33-23(37)15-5-8-18-19(9-15)36(2)13-34-18/h3-10,13,39H,11-12H2,1-2H3,(H2,32,38)(H,33,37)/t25-,26?/m0/s1. The molecule has 0 spiro atoms. The van der Waals surface area contributed by atoms with Gasteiger partial charge < -0.3 is 25.5 Å². The predicted octanol–water partition coefficient (Wildman–Crippen LogP) is 3.09. The Morgan fingerprint density at radius 2 is 1.88 bits per heavy atom. The molecule has 1 unspecified atom stereocenters. The van der Waals surface area contributed by atoms with E-state index in [-0.39, 0.29) is 34.7 Å². The van der Waals surface area contributed by atoms with E-state index in [1.165, 1.54) is 37.5 Å². The first-order chi connectivity index (χ1) is 18.7. The summed E-state index contributed by atoms with van der Waals surface area (Å²) >= 11 is 0. The van der Waals surface area contributed by atoms with Crippen molar-refractivity contribution in [1.82, 2.24) is 19.9 Å². The Morgan fingerprint density at radius 3 is 2.52 bits per heavy atom. The number of primary amides is 1. The first-order valence-corrected chi connectivity index (χ1v) is 12.0. The van der Waals surface area contributed by atoms with Gasteiger partial charge in [0.2, 0.25) is 11.5 Å². The molecule has 13 heteroatoms. The Hall–Kier alpha value is -4.52. The number of hydrogen-bond donors (Lipinski definition) is 3. The maximum Gasteiger partial charge on any atom is 0.424 e. The van der Waals surface area contributed by atoms with Crippen LogP contribution in [0.5, 0.6) is 5.75 Å². The molecule has 1 aliphatic heterocycles. The van der Waals surface area contributed by atoms with Crippen molar-refractivity contribution < 1.29 is 37.0 Å². The maximum absolute atomic E-state index is 14.5. The van der Waals surface area contributed by atoms with Gasteiger partial charge in [-0.3, -0.25) is 9.59 Å². The monoisotopic (exact) mass is 557 g/mol. The first kappa shape index (κ1) is 27.1. The van der Waals surface area contributed by atoms with Gasteiger partial charge in [0.05, 0.1) is 29.6 Å². The van der Waals surface area contributed by atoms with Crippen LogP contribution in [0, 0.1) is 5.82 Å². The highest BCUT2D eigenvalue weighted by molar-refractivity contribution is 5.97. The van der Waals surface area contributed by atoms with Crippen LogP contribution in [0.2, 0.25) is 0 Å². The van der Waals surface area contributed by atoms with Crippen molar-refractivity contribution in [2.45, 2.75) is 24.1 Å².